The molecule has 3 rings (SSSR count). The molecule has 0 aromatic heterocycles. The summed E-state index contributed by atoms with van der Waals surface area (Å²) in [5.41, 5.74) is 5.59. The number of rotatable bonds is 5. The molecule has 152 valence electrons. The summed E-state index contributed by atoms with van der Waals surface area (Å²) in [5.74, 6) is 0.518. The van der Waals surface area contributed by atoms with Gasteiger partial charge in [0, 0.05) is 9.79 Å². The first-order valence-electron chi connectivity index (χ1n) is 10.4. The van der Waals surface area contributed by atoms with Gasteiger partial charge in [0.15, 0.2) is 0 Å². The molecule has 0 N–H and O–H groups in total. The van der Waals surface area contributed by atoms with Gasteiger partial charge in [-0.2, -0.15) is 5.26 Å². The Balaban J connectivity index is 1.83. The molecule has 0 aliphatic carbocycles. The van der Waals surface area contributed by atoms with Crippen molar-refractivity contribution in [3.05, 3.63) is 94.5 Å². The average Bonchev–Trinajstić information content (AvgIpc) is 2.72. The van der Waals surface area contributed by atoms with Crippen molar-refractivity contribution in [1.29, 1.82) is 5.26 Å². The van der Waals surface area contributed by atoms with Gasteiger partial charge >= 0.3 is 0 Å². The van der Waals surface area contributed by atoms with Gasteiger partial charge in [0.1, 0.15) is 6.07 Å². The summed E-state index contributed by atoms with van der Waals surface area (Å²) in [6.07, 6.45) is 4.12. The van der Waals surface area contributed by atoms with Crippen LogP contribution in [-0.2, 0) is 5.41 Å². The molecule has 0 unspecified atom stereocenters. The lowest BCUT2D eigenvalue weighted by molar-refractivity contribution is 0.590. The van der Waals surface area contributed by atoms with Gasteiger partial charge in [0.2, 0.25) is 0 Å². The zero-order chi connectivity index (χ0) is 21.7. The molecule has 2 heteroatoms. The maximum absolute atomic E-state index is 9.82. The summed E-state index contributed by atoms with van der Waals surface area (Å²) < 4.78 is 0. The Hall–Kier alpha value is -2.76. The average molecular weight is 412 g/mol. The molecule has 3 aromatic rings. The molecule has 0 radical (unpaired) electrons. The largest absolute Gasteiger partial charge is 0.192 e. The smallest absolute Gasteiger partial charge is 0.101 e. The minimum Gasteiger partial charge on any atom is -0.192 e. The lowest BCUT2D eigenvalue weighted by Gasteiger charge is -2.18. The molecule has 0 amide bonds. The standard InChI is InChI=1S/C28H29NS/c1-20(2)22-13-17-25(18-14-22)30-27-8-6-7-23(26(27)19-29)12-9-21-10-15-24(16-11-21)28(3,4)5/h6-18,20H,1-5H3/b12-9+. The van der Waals surface area contributed by atoms with Gasteiger partial charge in [0.25, 0.3) is 0 Å². The van der Waals surface area contributed by atoms with Crippen molar-refractivity contribution < 1.29 is 0 Å². The molecular formula is C28H29NS. The third-order valence-electron chi connectivity index (χ3n) is 5.18. The topological polar surface area (TPSA) is 23.8 Å². The highest BCUT2D eigenvalue weighted by molar-refractivity contribution is 7.99. The molecular weight excluding hydrogens is 382 g/mol. The second-order valence-electron chi connectivity index (χ2n) is 8.86. The zero-order valence-corrected chi connectivity index (χ0v) is 19.3. The fourth-order valence-corrected chi connectivity index (χ4v) is 4.16. The maximum Gasteiger partial charge on any atom is 0.101 e. The number of hydrogen-bond acceptors (Lipinski definition) is 2. The van der Waals surface area contributed by atoms with Crippen LogP contribution in [-0.4, -0.2) is 0 Å². The number of nitriles is 1. The fourth-order valence-electron chi connectivity index (χ4n) is 3.22. The van der Waals surface area contributed by atoms with Crippen molar-refractivity contribution in [3.63, 3.8) is 0 Å². The first-order valence-corrected chi connectivity index (χ1v) is 11.2. The van der Waals surface area contributed by atoms with Crippen LogP contribution in [0.25, 0.3) is 12.2 Å². The van der Waals surface area contributed by atoms with Crippen LogP contribution in [0.4, 0.5) is 0 Å². The molecule has 3 aromatic carbocycles. The molecule has 0 spiro atoms. The minimum absolute atomic E-state index is 0.148. The molecule has 0 aliphatic rings. The molecule has 30 heavy (non-hydrogen) atoms. The van der Waals surface area contributed by atoms with Gasteiger partial charge in [-0.15, -0.1) is 0 Å². The highest BCUT2D eigenvalue weighted by atomic mass is 32.2. The van der Waals surface area contributed by atoms with Gasteiger partial charge in [0.05, 0.1) is 5.56 Å². The van der Waals surface area contributed by atoms with E-state index in [4.69, 9.17) is 0 Å². The molecule has 0 fully saturated rings. The van der Waals surface area contributed by atoms with Crippen LogP contribution in [0.3, 0.4) is 0 Å². The van der Waals surface area contributed by atoms with Crippen molar-refractivity contribution >= 4 is 23.9 Å². The molecule has 0 atom stereocenters. The minimum atomic E-state index is 0.148. The summed E-state index contributed by atoms with van der Waals surface area (Å²) in [7, 11) is 0. The summed E-state index contributed by atoms with van der Waals surface area (Å²) >= 11 is 1.64. The number of nitrogens with zero attached hydrogens (tertiary/aromatic N) is 1. The van der Waals surface area contributed by atoms with Crippen LogP contribution in [0, 0.1) is 11.3 Å². The Morgan fingerprint density at radius 3 is 2.10 bits per heavy atom. The zero-order valence-electron chi connectivity index (χ0n) is 18.4. The van der Waals surface area contributed by atoms with Gasteiger partial charge in [-0.1, -0.05) is 107 Å². The first kappa shape index (κ1) is 21.9. The predicted molar refractivity (Wildman–Crippen MR) is 130 cm³/mol. The van der Waals surface area contributed by atoms with Crippen molar-refractivity contribution in [2.45, 2.75) is 55.7 Å². The monoisotopic (exact) mass is 411 g/mol. The van der Waals surface area contributed by atoms with Crippen LogP contribution in [0.5, 0.6) is 0 Å². The third kappa shape index (κ3) is 5.43. The molecule has 0 aliphatic heterocycles. The molecule has 1 nitrogen and oxygen atoms in total. The normalized spacial score (nSPS) is 11.8. The van der Waals surface area contributed by atoms with Crippen molar-refractivity contribution in [2.75, 3.05) is 0 Å². The van der Waals surface area contributed by atoms with Crippen molar-refractivity contribution in [1.82, 2.24) is 0 Å². The molecule has 0 heterocycles. The second-order valence-corrected chi connectivity index (χ2v) is 9.98. The van der Waals surface area contributed by atoms with E-state index in [-0.39, 0.29) is 5.41 Å². The van der Waals surface area contributed by atoms with Gasteiger partial charge in [-0.3, -0.25) is 0 Å². The van der Waals surface area contributed by atoms with E-state index < -0.39 is 0 Å². The van der Waals surface area contributed by atoms with E-state index in [2.05, 4.69) is 95.3 Å². The summed E-state index contributed by atoms with van der Waals surface area (Å²) in [5, 5.41) is 9.82. The van der Waals surface area contributed by atoms with E-state index >= 15 is 0 Å². The van der Waals surface area contributed by atoms with Crippen molar-refractivity contribution in [3.8, 4) is 6.07 Å². The lowest BCUT2D eigenvalue weighted by atomic mass is 9.87. The van der Waals surface area contributed by atoms with Crippen LogP contribution < -0.4 is 0 Å². The summed E-state index contributed by atoms with van der Waals surface area (Å²) in [4.78, 5) is 2.13. The summed E-state index contributed by atoms with van der Waals surface area (Å²) in [6, 6.07) is 25.7. The molecule has 0 saturated heterocycles. The lowest BCUT2D eigenvalue weighted by Crippen LogP contribution is -2.10. The highest BCUT2D eigenvalue weighted by Crippen LogP contribution is 2.33. The SMILES string of the molecule is CC(C)c1ccc(Sc2cccc(/C=C/c3ccc(C(C)(C)C)cc3)c2C#N)cc1. The Morgan fingerprint density at radius 1 is 0.867 bits per heavy atom. The van der Waals surface area contributed by atoms with Crippen LogP contribution >= 0.6 is 11.8 Å². The van der Waals surface area contributed by atoms with E-state index in [0.717, 1.165) is 26.5 Å². The third-order valence-corrected chi connectivity index (χ3v) is 6.24. The fraction of sp³-hybridized carbons (Fsp3) is 0.250. The van der Waals surface area contributed by atoms with E-state index in [1.807, 2.05) is 24.3 Å². The van der Waals surface area contributed by atoms with Crippen LogP contribution in [0.15, 0.2) is 76.5 Å². The molecule has 0 saturated carbocycles. The Bertz CT molecular complexity index is 1060. The molecule has 0 bridgehead atoms. The van der Waals surface area contributed by atoms with Crippen LogP contribution in [0.2, 0.25) is 0 Å². The summed E-state index contributed by atoms with van der Waals surface area (Å²) in [6.45, 7) is 11.1. The predicted octanol–water partition coefficient (Wildman–Crippen LogP) is 8.30. The van der Waals surface area contributed by atoms with E-state index in [1.54, 1.807) is 11.8 Å². The van der Waals surface area contributed by atoms with E-state index in [9.17, 15) is 5.26 Å². The first-order chi connectivity index (χ1) is 14.3. The van der Waals surface area contributed by atoms with Crippen LogP contribution in [0.1, 0.15) is 68.4 Å². The van der Waals surface area contributed by atoms with Gasteiger partial charge < -0.3 is 0 Å². The Labute approximate surface area is 185 Å². The van der Waals surface area contributed by atoms with Crippen molar-refractivity contribution in [2.24, 2.45) is 0 Å². The highest BCUT2D eigenvalue weighted by Gasteiger charge is 2.12. The van der Waals surface area contributed by atoms with Gasteiger partial charge in [-0.25, -0.2) is 0 Å². The quantitative estimate of drug-likeness (QED) is 0.394. The van der Waals surface area contributed by atoms with Gasteiger partial charge in [-0.05, 0) is 51.8 Å². The second kappa shape index (κ2) is 9.37. The Kier molecular flexibility index (Phi) is 6.85. The maximum atomic E-state index is 9.82. The van der Waals surface area contributed by atoms with E-state index in [1.165, 1.54) is 11.1 Å². The number of hydrogen-bond donors (Lipinski definition) is 0. The van der Waals surface area contributed by atoms with E-state index in [0.29, 0.717) is 5.92 Å². The number of benzene rings is 3. The Morgan fingerprint density at radius 2 is 1.53 bits per heavy atom.